The molecule has 0 aliphatic heterocycles. The fourth-order valence-electron chi connectivity index (χ4n) is 1.39. The second-order valence-corrected chi connectivity index (χ2v) is 4.60. The van der Waals surface area contributed by atoms with E-state index in [9.17, 15) is 9.59 Å². The van der Waals surface area contributed by atoms with E-state index in [1.54, 1.807) is 0 Å². The first-order valence-corrected chi connectivity index (χ1v) is 6.15. The molecule has 1 aromatic carbocycles. The Bertz CT molecular complexity index is 464. The van der Waals surface area contributed by atoms with Crippen molar-refractivity contribution in [1.29, 1.82) is 0 Å². The summed E-state index contributed by atoms with van der Waals surface area (Å²) in [6.45, 7) is 5.67. The van der Waals surface area contributed by atoms with E-state index in [0.29, 0.717) is 0 Å². The van der Waals surface area contributed by atoms with E-state index in [1.807, 2.05) is 45.0 Å². The summed E-state index contributed by atoms with van der Waals surface area (Å²) in [6, 6.07) is 7.74. The van der Waals surface area contributed by atoms with Gasteiger partial charge in [-0.2, -0.15) is 5.10 Å². The average Bonchev–Trinajstić information content (AvgIpc) is 2.30. The highest BCUT2D eigenvalue weighted by Crippen LogP contribution is 1.99. The second-order valence-electron chi connectivity index (χ2n) is 4.60. The zero-order valence-electron chi connectivity index (χ0n) is 11.4. The smallest absolute Gasteiger partial charge is 0.249 e. The Morgan fingerprint density at radius 3 is 2.42 bits per heavy atom. The number of carbonyl (C=O) groups excluding carboxylic acids is 2. The molecule has 0 bridgehead atoms. The molecule has 0 unspecified atom stereocenters. The van der Waals surface area contributed by atoms with Crippen LogP contribution in [0.4, 0.5) is 0 Å². The summed E-state index contributed by atoms with van der Waals surface area (Å²) in [5, 5.41) is 6.44. The molecule has 0 spiro atoms. The van der Waals surface area contributed by atoms with Gasteiger partial charge >= 0.3 is 0 Å². The molecule has 19 heavy (non-hydrogen) atoms. The van der Waals surface area contributed by atoms with E-state index >= 15 is 0 Å². The number of aryl methyl sites for hydroxylation is 1. The lowest BCUT2D eigenvalue weighted by molar-refractivity contribution is -0.129. The van der Waals surface area contributed by atoms with Crippen LogP contribution in [-0.4, -0.2) is 24.1 Å². The van der Waals surface area contributed by atoms with Crippen molar-refractivity contribution in [3.05, 3.63) is 35.4 Å². The van der Waals surface area contributed by atoms with Gasteiger partial charge < -0.3 is 5.32 Å². The molecule has 0 aliphatic rings. The maximum atomic E-state index is 11.4. The van der Waals surface area contributed by atoms with Gasteiger partial charge in [-0.25, -0.2) is 5.43 Å². The summed E-state index contributed by atoms with van der Waals surface area (Å²) in [5.74, 6) is -0.737. The predicted molar refractivity (Wildman–Crippen MR) is 74.8 cm³/mol. The summed E-state index contributed by atoms with van der Waals surface area (Å²) in [4.78, 5) is 22.7. The topological polar surface area (TPSA) is 70.6 Å². The van der Waals surface area contributed by atoms with Crippen molar-refractivity contribution in [1.82, 2.24) is 10.7 Å². The normalized spacial score (nSPS) is 10.7. The van der Waals surface area contributed by atoms with Crippen LogP contribution in [0.15, 0.2) is 29.4 Å². The molecule has 0 radical (unpaired) electrons. The molecule has 0 saturated carbocycles. The van der Waals surface area contributed by atoms with Crippen molar-refractivity contribution in [2.45, 2.75) is 33.2 Å². The lowest BCUT2D eigenvalue weighted by Crippen LogP contribution is -2.34. The molecule has 102 valence electrons. The molecule has 0 atom stereocenters. The van der Waals surface area contributed by atoms with E-state index in [2.05, 4.69) is 15.8 Å². The van der Waals surface area contributed by atoms with Crippen molar-refractivity contribution < 1.29 is 9.59 Å². The van der Waals surface area contributed by atoms with E-state index in [0.717, 1.165) is 11.1 Å². The minimum Gasteiger partial charge on any atom is -0.353 e. The van der Waals surface area contributed by atoms with Crippen molar-refractivity contribution in [3.63, 3.8) is 0 Å². The zero-order chi connectivity index (χ0) is 14.3. The van der Waals surface area contributed by atoms with Crippen LogP contribution in [0.3, 0.4) is 0 Å². The molecule has 1 rings (SSSR count). The molecule has 1 aromatic rings. The van der Waals surface area contributed by atoms with Crippen molar-refractivity contribution in [2.75, 3.05) is 0 Å². The van der Waals surface area contributed by atoms with Crippen LogP contribution < -0.4 is 10.7 Å². The number of hydrogen-bond acceptors (Lipinski definition) is 3. The maximum Gasteiger partial charge on any atom is 0.249 e. The first kappa shape index (κ1) is 14.9. The lowest BCUT2D eigenvalue weighted by Gasteiger charge is -2.06. The van der Waals surface area contributed by atoms with Gasteiger partial charge in [-0.3, -0.25) is 9.59 Å². The van der Waals surface area contributed by atoms with E-state index in [1.165, 1.54) is 6.21 Å². The third kappa shape index (κ3) is 6.35. The van der Waals surface area contributed by atoms with Gasteiger partial charge in [-0.1, -0.05) is 29.8 Å². The third-order valence-electron chi connectivity index (χ3n) is 2.25. The Balaban J connectivity index is 2.37. The molecule has 5 nitrogen and oxygen atoms in total. The number of hydrazone groups is 1. The average molecular weight is 261 g/mol. The number of benzene rings is 1. The van der Waals surface area contributed by atoms with Crippen LogP contribution in [0.1, 0.15) is 31.4 Å². The highest BCUT2D eigenvalue weighted by atomic mass is 16.2. The Morgan fingerprint density at radius 2 is 1.84 bits per heavy atom. The van der Waals surface area contributed by atoms with Crippen molar-refractivity contribution in [3.8, 4) is 0 Å². The van der Waals surface area contributed by atoms with E-state index in [4.69, 9.17) is 0 Å². The Morgan fingerprint density at radius 1 is 1.21 bits per heavy atom. The number of hydrogen-bond donors (Lipinski definition) is 2. The summed E-state index contributed by atoms with van der Waals surface area (Å²) in [6.07, 6.45) is 1.32. The quantitative estimate of drug-likeness (QED) is 0.477. The molecule has 5 heteroatoms. The van der Waals surface area contributed by atoms with Gasteiger partial charge in [0.2, 0.25) is 11.8 Å². The van der Waals surface area contributed by atoms with Crippen LogP contribution in [-0.2, 0) is 9.59 Å². The SMILES string of the molecule is Cc1ccc(C=NNC(=O)CC(=O)NC(C)C)cc1. The van der Waals surface area contributed by atoms with Crippen LogP contribution >= 0.6 is 0 Å². The van der Waals surface area contributed by atoms with E-state index < -0.39 is 5.91 Å². The largest absolute Gasteiger partial charge is 0.353 e. The monoisotopic (exact) mass is 261 g/mol. The standard InChI is InChI=1S/C14H19N3O2/c1-10(2)16-13(18)8-14(19)17-15-9-12-6-4-11(3)5-7-12/h4-7,9-10H,8H2,1-3H3,(H,16,18)(H,17,19). The fraction of sp³-hybridized carbons (Fsp3) is 0.357. The Kier molecular flexibility index (Phi) is 5.73. The highest BCUT2D eigenvalue weighted by molar-refractivity contribution is 5.97. The Labute approximate surface area is 113 Å². The van der Waals surface area contributed by atoms with Gasteiger partial charge in [-0.15, -0.1) is 0 Å². The molecule has 2 amide bonds. The fourth-order valence-corrected chi connectivity index (χ4v) is 1.39. The number of carbonyl (C=O) groups is 2. The van der Waals surface area contributed by atoms with Crippen LogP contribution in [0.25, 0.3) is 0 Å². The number of amides is 2. The molecule has 0 aliphatic carbocycles. The summed E-state index contributed by atoms with van der Waals surface area (Å²) in [7, 11) is 0. The molecule has 0 fully saturated rings. The highest BCUT2D eigenvalue weighted by Gasteiger charge is 2.08. The van der Waals surface area contributed by atoms with Crippen LogP contribution in [0, 0.1) is 6.92 Å². The van der Waals surface area contributed by atoms with Crippen molar-refractivity contribution >= 4 is 18.0 Å². The van der Waals surface area contributed by atoms with Gasteiger partial charge in [0.25, 0.3) is 0 Å². The van der Waals surface area contributed by atoms with E-state index in [-0.39, 0.29) is 18.4 Å². The molecule has 0 heterocycles. The zero-order valence-corrected chi connectivity index (χ0v) is 11.4. The summed E-state index contributed by atoms with van der Waals surface area (Å²) >= 11 is 0. The number of nitrogens with zero attached hydrogens (tertiary/aromatic N) is 1. The molecular weight excluding hydrogens is 242 g/mol. The van der Waals surface area contributed by atoms with Crippen LogP contribution in [0.2, 0.25) is 0 Å². The van der Waals surface area contributed by atoms with Gasteiger partial charge in [0.05, 0.1) is 6.21 Å². The first-order valence-electron chi connectivity index (χ1n) is 6.15. The van der Waals surface area contributed by atoms with Gasteiger partial charge in [0.15, 0.2) is 0 Å². The minimum atomic E-state index is -0.429. The second kappa shape index (κ2) is 7.31. The minimum absolute atomic E-state index is 0.0244. The number of nitrogens with one attached hydrogen (secondary N) is 2. The summed E-state index contributed by atoms with van der Waals surface area (Å²) < 4.78 is 0. The number of rotatable bonds is 5. The lowest BCUT2D eigenvalue weighted by atomic mass is 10.2. The van der Waals surface area contributed by atoms with Crippen LogP contribution in [0.5, 0.6) is 0 Å². The van der Waals surface area contributed by atoms with Gasteiger partial charge in [0.1, 0.15) is 6.42 Å². The molecule has 2 N–H and O–H groups in total. The molecule has 0 saturated heterocycles. The van der Waals surface area contributed by atoms with Crippen molar-refractivity contribution in [2.24, 2.45) is 5.10 Å². The summed E-state index contributed by atoms with van der Waals surface area (Å²) in [5.41, 5.74) is 4.37. The Hall–Kier alpha value is -2.17. The maximum absolute atomic E-state index is 11.4. The molecular formula is C14H19N3O2. The molecule has 0 aromatic heterocycles. The first-order chi connectivity index (χ1) is 8.97. The van der Waals surface area contributed by atoms with Gasteiger partial charge in [-0.05, 0) is 26.3 Å². The third-order valence-corrected chi connectivity index (χ3v) is 2.25. The van der Waals surface area contributed by atoms with Gasteiger partial charge in [0, 0.05) is 6.04 Å². The predicted octanol–water partition coefficient (Wildman–Crippen LogP) is 1.36.